The van der Waals surface area contributed by atoms with Crippen LogP contribution in [0.5, 0.6) is 0 Å². The van der Waals surface area contributed by atoms with Crippen molar-refractivity contribution in [1.82, 2.24) is 0 Å². The Hall–Kier alpha value is -2.41. The van der Waals surface area contributed by atoms with E-state index in [4.69, 9.17) is 4.11 Å². The van der Waals surface area contributed by atoms with E-state index in [0.29, 0.717) is 5.56 Å². The van der Waals surface area contributed by atoms with E-state index in [-0.39, 0.29) is 5.41 Å². The van der Waals surface area contributed by atoms with Gasteiger partial charge in [-0.25, -0.2) is 4.57 Å². The van der Waals surface area contributed by atoms with Crippen LogP contribution in [0.15, 0.2) is 54.7 Å². The first-order valence-corrected chi connectivity index (χ1v) is 9.57. The van der Waals surface area contributed by atoms with Crippen LogP contribution >= 0.6 is 0 Å². The first-order valence-electron chi connectivity index (χ1n) is 11.1. The SMILES string of the molecule is [2H]C([2H])([2H])c1cc(C)c(-c2cc(CC(C)(C)C)c(C)c[n+]2C)cc1-c1ccccc1. The molecule has 0 saturated heterocycles. The van der Waals surface area contributed by atoms with Crippen molar-refractivity contribution >= 4 is 0 Å². The van der Waals surface area contributed by atoms with Gasteiger partial charge < -0.3 is 0 Å². The summed E-state index contributed by atoms with van der Waals surface area (Å²) in [5, 5.41) is 0. The van der Waals surface area contributed by atoms with Crippen molar-refractivity contribution < 1.29 is 8.68 Å². The van der Waals surface area contributed by atoms with E-state index < -0.39 is 6.85 Å². The third-order valence-electron chi connectivity index (χ3n) is 5.03. The molecule has 2 aromatic carbocycles. The minimum Gasteiger partial charge on any atom is -0.201 e. The van der Waals surface area contributed by atoms with Crippen LogP contribution in [-0.4, -0.2) is 0 Å². The molecule has 0 unspecified atom stereocenters. The molecule has 1 heterocycles. The van der Waals surface area contributed by atoms with Crippen LogP contribution < -0.4 is 4.57 Å². The standard InChI is InChI=1S/C26H32N/c1-18-13-19(2)24(15-23(18)21-11-9-8-10-12-21)25-14-22(16-26(4,5)6)20(3)17-27(25)7/h8-15,17H,16H2,1-7H3/q+1/i1D3. The topological polar surface area (TPSA) is 3.88 Å². The number of aromatic nitrogens is 1. The van der Waals surface area contributed by atoms with Gasteiger partial charge in [-0.1, -0.05) is 57.2 Å². The molecule has 0 aliphatic rings. The predicted octanol–water partition coefficient (Wildman–Crippen LogP) is 6.36. The minimum absolute atomic E-state index is 0.192. The van der Waals surface area contributed by atoms with Crippen LogP contribution in [0.4, 0.5) is 0 Å². The third kappa shape index (κ3) is 4.30. The van der Waals surface area contributed by atoms with Crippen LogP contribution in [0.25, 0.3) is 22.4 Å². The Morgan fingerprint density at radius 3 is 2.22 bits per heavy atom. The highest BCUT2D eigenvalue weighted by Crippen LogP contribution is 2.32. The maximum atomic E-state index is 8.07. The van der Waals surface area contributed by atoms with Crippen molar-refractivity contribution in [1.29, 1.82) is 0 Å². The summed E-state index contributed by atoms with van der Waals surface area (Å²) >= 11 is 0. The fraction of sp³-hybridized carbons (Fsp3) is 0.346. The van der Waals surface area contributed by atoms with Gasteiger partial charge >= 0.3 is 0 Å². The quantitative estimate of drug-likeness (QED) is 0.478. The van der Waals surface area contributed by atoms with E-state index in [1.807, 2.05) is 43.3 Å². The van der Waals surface area contributed by atoms with Crippen LogP contribution in [0.3, 0.4) is 0 Å². The number of pyridine rings is 1. The molecular weight excluding hydrogens is 326 g/mol. The van der Waals surface area contributed by atoms with E-state index in [9.17, 15) is 0 Å². The van der Waals surface area contributed by atoms with Gasteiger partial charge in [0.15, 0.2) is 6.20 Å². The monoisotopic (exact) mass is 361 g/mol. The highest BCUT2D eigenvalue weighted by molar-refractivity contribution is 5.75. The molecule has 0 amide bonds. The van der Waals surface area contributed by atoms with Gasteiger partial charge in [0.05, 0.1) is 0 Å². The average molecular weight is 362 g/mol. The van der Waals surface area contributed by atoms with Crippen molar-refractivity contribution in [3.05, 3.63) is 77.0 Å². The fourth-order valence-electron chi connectivity index (χ4n) is 3.69. The number of hydrogen-bond acceptors (Lipinski definition) is 0. The minimum atomic E-state index is -2.17. The summed E-state index contributed by atoms with van der Waals surface area (Å²) < 4.78 is 26.3. The molecule has 0 saturated carbocycles. The van der Waals surface area contributed by atoms with Gasteiger partial charge in [-0.3, -0.25) is 0 Å². The van der Waals surface area contributed by atoms with Crippen LogP contribution in [0, 0.1) is 26.1 Å². The molecule has 1 aromatic heterocycles. The second-order valence-electron chi connectivity index (χ2n) is 8.79. The van der Waals surface area contributed by atoms with Gasteiger partial charge in [0.1, 0.15) is 7.05 Å². The normalized spacial score (nSPS) is 13.8. The Kier molecular flexibility index (Phi) is 4.23. The summed E-state index contributed by atoms with van der Waals surface area (Å²) in [6.07, 6.45) is 3.17. The molecular formula is C26H32N+. The second-order valence-corrected chi connectivity index (χ2v) is 8.79. The van der Waals surface area contributed by atoms with E-state index in [2.05, 4.69) is 57.6 Å². The lowest BCUT2D eigenvalue weighted by molar-refractivity contribution is -0.660. The summed E-state index contributed by atoms with van der Waals surface area (Å²) in [5.74, 6) is 0. The maximum Gasteiger partial charge on any atom is 0.212 e. The molecule has 1 nitrogen and oxygen atoms in total. The van der Waals surface area contributed by atoms with Crippen molar-refractivity contribution in [3.63, 3.8) is 0 Å². The Labute approximate surface area is 168 Å². The molecule has 1 heteroatoms. The maximum absolute atomic E-state index is 8.07. The molecule has 0 bridgehead atoms. The smallest absolute Gasteiger partial charge is 0.201 e. The van der Waals surface area contributed by atoms with Crippen LogP contribution in [0.1, 0.15) is 47.1 Å². The van der Waals surface area contributed by atoms with Gasteiger partial charge in [-0.2, -0.15) is 0 Å². The van der Waals surface area contributed by atoms with Crippen molar-refractivity contribution in [2.75, 3.05) is 0 Å². The van der Waals surface area contributed by atoms with E-state index in [0.717, 1.165) is 34.4 Å². The predicted molar refractivity (Wildman–Crippen MR) is 116 cm³/mol. The Balaban J connectivity index is 2.26. The first-order chi connectivity index (χ1) is 13.9. The highest BCUT2D eigenvalue weighted by atomic mass is 14.9. The lowest BCUT2D eigenvalue weighted by Crippen LogP contribution is -2.32. The van der Waals surface area contributed by atoms with Crippen LogP contribution in [0.2, 0.25) is 0 Å². The molecule has 0 N–H and O–H groups in total. The van der Waals surface area contributed by atoms with E-state index in [1.165, 1.54) is 11.1 Å². The zero-order valence-corrected chi connectivity index (χ0v) is 17.4. The van der Waals surface area contributed by atoms with Crippen molar-refractivity contribution in [3.8, 4) is 22.4 Å². The lowest BCUT2D eigenvalue weighted by atomic mass is 9.86. The summed E-state index contributed by atoms with van der Waals surface area (Å²) in [7, 11) is 2.06. The zero-order valence-electron chi connectivity index (χ0n) is 20.4. The second kappa shape index (κ2) is 7.31. The Morgan fingerprint density at radius 2 is 1.59 bits per heavy atom. The van der Waals surface area contributed by atoms with E-state index >= 15 is 0 Å². The summed E-state index contributed by atoms with van der Waals surface area (Å²) in [4.78, 5) is 0. The number of hydrogen-bond donors (Lipinski definition) is 0. The number of rotatable bonds is 3. The van der Waals surface area contributed by atoms with Gasteiger partial charge in [-0.05, 0) is 66.4 Å². The Bertz CT molecular complexity index is 1060. The van der Waals surface area contributed by atoms with Gasteiger partial charge in [0.2, 0.25) is 5.69 Å². The summed E-state index contributed by atoms with van der Waals surface area (Å²) in [6, 6.07) is 16.0. The number of benzene rings is 2. The fourth-order valence-corrected chi connectivity index (χ4v) is 3.69. The molecule has 0 spiro atoms. The lowest BCUT2D eigenvalue weighted by Gasteiger charge is -2.20. The molecule has 3 aromatic rings. The molecule has 27 heavy (non-hydrogen) atoms. The molecule has 0 aliphatic carbocycles. The summed E-state index contributed by atoms with van der Waals surface area (Å²) in [5.41, 5.74) is 8.04. The summed E-state index contributed by atoms with van der Waals surface area (Å²) in [6.45, 7) is 8.75. The Morgan fingerprint density at radius 1 is 0.889 bits per heavy atom. The van der Waals surface area contributed by atoms with Crippen molar-refractivity contribution in [2.45, 2.75) is 47.9 Å². The molecule has 0 fully saturated rings. The highest BCUT2D eigenvalue weighted by Gasteiger charge is 2.20. The molecule has 0 radical (unpaired) electrons. The molecule has 0 atom stereocenters. The van der Waals surface area contributed by atoms with Crippen LogP contribution in [-0.2, 0) is 13.5 Å². The van der Waals surface area contributed by atoms with Gasteiger partial charge in [0, 0.05) is 21.3 Å². The number of aryl methyl sites for hydroxylation is 4. The molecule has 0 aliphatic heterocycles. The largest absolute Gasteiger partial charge is 0.212 e. The van der Waals surface area contributed by atoms with Gasteiger partial charge in [0.25, 0.3) is 0 Å². The van der Waals surface area contributed by atoms with Gasteiger partial charge in [-0.15, -0.1) is 0 Å². The molecule has 3 rings (SSSR count). The molecule has 140 valence electrons. The first kappa shape index (κ1) is 15.6. The number of nitrogens with zero attached hydrogens (tertiary/aromatic N) is 1. The zero-order chi connectivity index (χ0) is 22.3. The third-order valence-corrected chi connectivity index (χ3v) is 5.03. The average Bonchev–Trinajstić information content (AvgIpc) is 2.63. The van der Waals surface area contributed by atoms with E-state index in [1.54, 1.807) is 0 Å². The van der Waals surface area contributed by atoms with Crippen molar-refractivity contribution in [2.24, 2.45) is 12.5 Å².